The Bertz CT molecular complexity index is 520. The summed E-state index contributed by atoms with van der Waals surface area (Å²) in [5.74, 6) is 0.00329. The van der Waals surface area contributed by atoms with Gasteiger partial charge < -0.3 is 19.3 Å². The van der Waals surface area contributed by atoms with Gasteiger partial charge in [-0.2, -0.15) is 0 Å². The van der Waals surface area contributed by atoms with E-state index in [0.717, 1.165) is 5.56 Å². The monoisotopic (exact) mass is 290 g/mol. The van der Waals surface area contributed by atoms with Crippen molar-refractivity contribution >= 4 is 12.0 Å². The van der Waals surface area contributed by atoms with Crippen LogP contribution in [0.1, 0.15) is 5.56 Å². The molecule has 2 aliphatic heterocycles. The SMILES string of the molecule is O=C(OCc1ccccc1)N1CCN2C(=O)COC[C@H]2C1. The number of carbonyl (C=O) groups is 2. The molecule has 112 valence electrons. The maximum absolute atomic E-state index is 12.1. The Labute approximate surface area is 123 Å². The lowest BCUT2D eigenvalue weighted by Gasteiger charge is -2.43. The second-order valence-corrected chi connectivity index (χ2v) is 5.24. The van der Waals surface area contributed by atoms with Crippen LogP contribution >= 0.6 is 0 Å². The molecule has 0 N–H and O–H groups in total. The maximum atomic E-state index is 12.1. The fraction of sp³-hybridized carbons (Fsp3) is 0.467. The first kappa shape index (κ1) is 13.9. The Morgan fingerprint density at radius 2 is 2.10 bits per heavy atom. The van der Waals surface area contributed by atoms with Crippen molar-refractivity contribution in [3.8, 4) is 0 Å². The third kappa shape index (κ3) is 3.16. The van der Waals surface area contributed by atoms with E-state index in [-0.39, 0.29) is 31.3 Å². The van der Waals surface area contributed by atoms with Gasteiger partial charge in [0.05, 0.1) is 12.6 Å². The molecule has 0 radical (unpaired) electrons. The summed E-state index contributed by atoms with van der Waals surface area (Å²) in [7, 11) is 0. The summed E-state index contributed by atoms with van der Waals surface area (Å²) in [4.78, 5) is 27.2. The maximum Gasteiger partial charge on any atom is 0.410 e. The Balaban J connectivity index is 1.53. The lowest BCUT2D eigenvalue weighted by Crippen LogP contribution is -2.61. The van der Waals surface area contributed by atoms with E-state index < -0.39 is 0 Å². The highest BCUT2D eigenvalue weighted by Crippen LogP contribution is 2.16. The van der Waals surface area contributed by atoms with Gasteiger partial charge in [-0.15, -0.1) is 0 Å². The number of benzene rings is 1. The Hall–Kier alpha value is -2.08. The lowest BCUT2D eigenvalue weighted by atomic mass is 10.1. The lowest BCUT2D eigenvalue weighted by molar-refractivity contribution is -0.151. The fourth-order valence-electron chi connectivity index (χ4n) is 2.67. The molecule has 2 fully saturated rings. The molecular formula is C15H18N2O4. The molecule has 2 amide bonds. The summed E-state index contributed by atoms with van der Waals surface area (Å²) in [6, 6.07) is 9.52. The van der Waals surface area contributed by atoms with Gasteiger partial charge in [-0.3, -0.25) is 4.79 Å². The minimum Gasteiger partial charge on any atom is -0.445 e. The molecule has 21 heavy (non-hydrogen) atoms. The van der Waals surface area contributed by atoms with E-state index in [1.807, 2.05) is 30.3 Å². The average molecular weight is 290 g/mol. The molecule has 1 aromatic rings. The van der Waals surface area contributed by atoms with Crippen LogP contribution in [0.5, 0.6) is 0 Å². The average Bonchev–Trinajstić information content (AvgIpc) is 2.53. The van der Waals surface area contributed by atoms with E-state index in [4.69, 9.17) is 9.47 Å². The molecule has 2 aliphatic rings. The van der Waals surface area contributed by atoms with Crippen molar-refractivity contribution in [2.24, 2.45) is 0 Å². The third-order valence-corrected chi connectivity index (χ3v) is 3.80. The van der Waals surface area contributed by atoms with Crippen LogP contribution in [0.2, 0.25) is 0 Å². The van der Waals surface area contributed by atoms with Crippen molar-refractivity contribution in [3.05, 3.63) is 35.9 Å². The van der Waals surface area contributed by atoms with E-state index in [1.54, 1.807) is 9.80 Å². The summed E-state index contributed by atoms with van der Waals surface area (Å²) < 4.78 is 10.6. The summed E-state index contributed by atoms with van der Waals surface area (Å²) in [6.45, 7) is 2.42. The van der Waals surface area contributed by atoms with Gasteiger partial charge in [0.25, 0.3) is 0 Å². The summed E-state index contributed by atoms with van der Waals surface area (Å²) in [6.07, 6.45) is -0.337. The molecular weight excluding hydrogens is 272 g/mol. The first-order valence-electron chi connectivity index (χ1n) is 7.07. The fourth-order valence-corrected chi connectivity index (χ4v) is 2.67. The number of piperazine rings is 1. The molecule has 3 rings (SSSR count). The Morgan fingerprint density at radius 1 is 1.29 bits per heavy atom. The number of hydrogen-bond acceptors (Lipinski definition) is 4. The number of nitrogens with zero attached hydrogens (tertiary/aromatic N) is 2. The topological polar surface area (TPSA) is 59.1 Å². The second kappa shape index (κ2) is 6.13. The number of rotatable bonds is 2. The first-order chi connectivity index (χ1) is 10.2. The highest BCUT2D eigenvalue weighted by atomic mass is 16.6. The highest BCUT2D eigenvalue weighted by molar-refractivity contribution is 5.79. The zero-order chi connectivity index (χ0) is 14.7. The zero-order valence-electron chi connectivity index (χ0n) is 11.7. The van der Waals surface area contributed by atoms with Crippen LogP contribution in [0, 0.1) is 0 Å². The standard InChI is InChI=1S/C15H18N2O4/c18-14-11-20-10-13-8-16(6-7-17(13)14)15(19)21-9-12-4-2-1-3-5-12/h1-5,13H,6-11H2/t13-/m1/s1. The normalized spacial score (nSPS) is 21.9. The Kier molecular flexibility index (Phi) is 4.06. The number of morpholine rings is 1. The Morgan fingerprint density at radius 3 is 2.90 bits per heavy atom. The van der Waals surface area contributed by atoms with Crippen molar-refractivity contribution in [1.82, 2.24) is 9.80 Å². The molecule has 1 atom stereocenters. The van der Waals surface area contributed by atoms with Crippen molar-refractivity contribution in [2.75, 3.05) is 32.8 Å². The number of fused-ring (bicyclic) bond motifs is 1. The largest absolute Gasteiger partial charge is 0.445 e. The smallest absolute Gasteiger partial charge is 0.410 e. The van der Waals surface area contributed by atoms with Crippen molar-refractivity contribution in [2.45, 2.75) is 12.6 Å². The van der Waals surface area contributed by atoms with Crippen LogP contribution in [-0.4, -0.2) is 60.7 Å². The van der Waals surface area contributed by atoms with Gasteiger partial charge in [0.2, 0.25) is 5.91 Å². The molecule has 0 unspecified atom stereocenters. The van der Waals surface area contributed by atoms with Gasteiger partial charge in [0.1, 0.15) is 13.2 Å². The summed E-state index contributed by atoms with van der Waals surface area (Å²) in [5.41, 5.74) is 0.959. The predicted octanol–water partition coefficient (Wildman–Crippen LogP) is 0.866. The number of hydrogen-bond donors (Lipinski definition) is 0. The van der Waals surface area contributed by atoms with Gasteiger partial charge in [0, 0.05) is 19.6 Å². The van der Waals surface area contributed by atoms with Crippen LogP contribution in [0.3, 0.4) is 0 Å². The van der Waals surface area contributed by atoms with E-state index >= 15 is 0 Å². The third-order valence-electron chi connectivity index (χ3n) is 3.80. The van der Waals surface area contributed by atoms with Crippen LogP contribution in [-0.2, 0) is 20.9 Å². The van der Waals surface area contributed by atoms with Gasteiger partial charge in [-0.05, 0) is 5.56 Å². The van der Waals surface area contributed by atoms with Crippen LogP contribution < -0.4 is 0 Å². The first-order valence-corrected chi connectivity index (χ1v) is 7.07. The van der Waals surface area contributed by atoms with Gasteiger partial charge in [-0.25, -0.2) is 4.79 Å². The van der Waals surface area contributed by atoms with Crippen molar-refractivity contribution in [3.63, 3.8) is 0 Å². The van der Waals surface area contributed by atoms with Gasteiger partial charge in [0.15, 0.2) is 0 Å². The molecule has 0 saturated carbocycles. The van der Waals surface area contributed by atoms with Gasteiger partial charge in [-0.1, -0.05) is 30.3 Å². The highest BCUT2D eigenvalue weighted by Gasteiger charge is 2.35. The molecule has 0 bridgehead atoms. The number of ether oxygens (including phenoxy) is 2. The van der Waals surface area contributed by atoms with Crippen LogP contribution in [0.25, 0.3) is 0 Å². The molecule has 1 aromatic carbocycles. The van der Waals surface area contributed by atoms with E-state index in [9.17, 15) is 9.59 Å². The molecule has 6 nitrogen and oxygen atoms in total. The minimum atomic E-state index is -0.337. The van der Waals surface area contributed by atoms with Crippen LogP contribution in [0.4, 0.5) is 4.79 Å². The molecule has 0 spiro atoms. The summed E-state index contributed by atoms with van der Waals surface area (Å²) >= 11 is 0. The second-order valence-electron chi connectivity index (χ2n) is 5.24. The van der Waals surface area contributed by atoms with E-state index in [1.165, 1.54) is 0 Å². The minimum absolute atomic E-state index is 0.00329. The molecule has 2 saturated heterocycles. The molecule has 0 aromatic heterocycles. The number of carbonyl (C=O) groups excluding carboxylic acids is 2. The molecule has 2 heterocycles. The molecule has 6 heteroatoms. The molecule has 0 aliphatic carbocycles. The van der Waals surface area contributed by atoms with E-state index in [2.05, 4.69) is 0 Å². The quantitative estimate of drug-likeness (QED) is 0.811. The summed E-state index contributed by atoms with van der Waals surface area (Å²) in [5, 5.41) is 0. The van der Waals surface area contributed by atoms with Gasteiger partial charge >= 0.3 is 6.09 Å². The van der Waals surface area contributed by atoms with Crippen molar-refractivity contribution in [1.29, 1.82) is 0 Å². The zero-order valence-corrected chi connectivity index (χ0v) is 11.7. The van der Waals surface area contributed by atoms with Crippen molar-refractivity contribution < 1.29 is 19.1 Å². The van der Waals surface area contributed by atoms with E-state index in [0.29, 0.717) is 26.2 Å². The number of amides is 2. The predicted molar refractivity (Wildman–Crippen MR) is 74.5 cm³/mol. The van der Waals surface area contributed by atoms with Crippen LogP contribution in [0.15, 0.2) is 30.3 Å².